The molecule has 4 heteroatoms. The first kappa shape index (κ1) is 10.1. The van der Waals surface area contributed by atoms with Crippen molar-refractivity contribution in [1.82, 2.24) is 0 Å². The molecule has 0 bridgehead atoms. The number of benzene rings is 1. The van der Waals surface area contributed by atoms with Crippen LogP contribution < -0.4 is 9.47 Å². The number of halogens is 1. The van der Waals surface area contributed by atoms with Crippen LogP contribution in [0.3, 0.4) is 0 Å². The van der Waals surface area contributed by atoms with E-state index in [4.69, 9.17) is 26.3 Å². The fraction of sp³-hybridized carbons (Fsp3) is 0.364. The van der Waals surface area contributed by atoms with Gasteiger partial charge in [0.25, 0.3) is 0 Å². The maximum absolute atomic E-state index is 8.60. The predicted octanol–water partition coefficient (Wildman–Crippen LogP) is 2.13. The van der Waals surface area contributed by atoms with Crippen LogP contribution in [0.25, 0.3) is 0 Å². The molecule has 0 fully saturated rings. The molecule has 1 atom stereocenters. The van der Waals surface area contributed by atoms with Crippen molar-refractivity contribution in [3.8, 4) is 17.6 Å². The van der Waals surface area contributed by atoms with Crippen molar-refractivity contribution in [3.63, 3.8) is 0 Å². The molecule has 0 saturated heterocycles. The smallest absolute Gasteiger partial charge is 0.161 e. The summed E-state index contributed by atoms with van der Waals surface area (Å²) in [6.45, 7) is 1.15. The zero-order chi connectivity index (χ0) is 10.7. The van der Waals surface area contributed by atoms with Gasteiger partial charge in [-0.2, -0.15) is 5.26 Å². The third kappa shape index (κ3) is 2.34. The fourth-order valence-corrected chi connectivity index (χ4v) is 1.65. The minimum atomic E-state index is -0.493. The summed E-state index contributed by atoms with van der Waals surface area (Å²) in [7, 11) is 0. The van der Waals surface area contributed by atoms with Crippen LogP contribution in [0.1, 0.15) is 5.56 Å². The van der Waals surface area contributed by atoms with E-state index in [9.17, 15) is 0 Å². The lowest BCUT2D eigenvalue weighted by Crippen LogP contribution is -2.15. The molecule has 15 heavy (non-hydrogen) atoms. The number of alkyl halides is 1. The van der Waals surface area contributed by atoms with E-state index in [-0.39, 0.29) is 0 Å². The number of hydrogen-bond donors (Lipinski definition) is 0. The Bertz CT molecular complexity index is 400. The SMILES string of the molecule is N#CC(Cl)Cc1ccc2c(c1)OCCO2. The van der Waals surface area contributed by atoms with Crippen LogP contribution in [0, 0.1) is 11.3 Å². The molecule has 1 heterocycles. The molecule has 0 spiro atoms. The number of ether oxygens (including phenoxy) is 2. The first-order valence-corrected chi connectivity index (χ1v) is 5.15. The van der Waals surface area contributed by atoms with Crippen molar-refractivity contribution < 1.29 is 9.47 Å². The van der Waals surface area contributed by atoms with Crippen molar-refractivity contribution in [3.05, 3.63) is 23.8 Å². The molecule has 0 amide bonds. The van der Waals surface area contributed by atoms with Crippen LogP contribution in [0.15, 0.2) is 18.2 Å². The summed E-state index contributed by atoms with van der Waals surface area (Å²) in [6.07, 6.45) is 0.523. The molecular weight excluding hydrogens is 214 g/mol. The quantitative estimate of drug-likeness (QED) is 0.722. The second-order valence-electron chi connectivity index (χ2n) is 3.28. The molecule has 1 aromatic carbocycles. The molecule has 0 saturated carbocycles. The largest absolute Gasteiger partial charge is 0.486 e. The van der Waals surface area contributed by atoms with Gasteiger partial charge < -0.3 is 9.47 Å². The Hall–Kier alpha value is -1.40. The first-order chi connectivity index (χ1) is 7.29. The van der Waals surface area contributed by atoms with Crippen LogP contribution in [0.4, 0.5) is 0 Å². The highest BCUT2D eigenvalue weighted by atomic mass is 35.5. The van der Waals surface area contributed by atoms with Crippen molar-refractivity contribution in [2.75, 3.05) is 13.2 Å². The molecule has 1 aromatic rings. The number of nitriles is 1. The molecule has 0 aliphatic carbocycles. The summed E-state index contributed by atoms with van der Waals surface area (Å²) in [5, 5.41) is 8.10. The van der Waals surface area contributed by atoms with E-state index in [1.807, 2.05) is 24.3 Å². The number of fused-ring (bicyclic) bond motifs is 1. The maximum atomic E-state index is 8.60. The average Bonchev–Trinajstić information content (AvgIpc) is 2.29. The van der Waals surface area contributed by atoms with Crippen LogP contribution >= 0.6 is 11.6 Å². The van der Waals surface area contributed by atoms with E-state index < -0.39 is 5.38 Å². The normalized spacial score (nSPS) is 15.5. The molecule has 1 aliphatic rings. The van der Waals surface area contributed by atoms with Crippen LogP contribution in [0.2, 0.25) is 0 Å². The van der Waals surface area contributed by atoms with Crippen molar-refractivity contribution in [1.29, 1.82) is 5.26 Å². The lowest BCUT2D eigenvalue weighted by Gasteiger charge is -2.18. The second-order valence-corrected chi connectivity index (χ2v) is 3.81. The summed E-state index contributed by atoms with van der Waals surface area (Å²) in [5.74, 6) is 1.49. The highest BCUT2D eigenvalue weighted by Gasteiger charge is 2.13. The van der Waals surface area contributed by atoms with Gasteiger partial charge in [-0.1, -0.05) is 6.07 Å². The molecule has 78 valence electrons. The molecule has 0 radical (unpaired) electrons. The van der Waals surface area contributed by atoms with Gasteiger partial charge in [-0.05, 0) is 17.7 Å². The zero-order valence-electron chi connectivity index (χ0n) is 8.07. The number of nitrogens with zero attached hydrogens (tertiary/aromatic N) is 1. The number of rotatable bonds is 2. The van der Waals surface area contributed by atoms with Crippen LogP contribution in [-0.4, -0.2) is 18.6 Å². The minimum Gasteiger partial charge on any atom is -0.486 e. The Kier molecular flexibility index (Phi) is 2.98. The van der Waals surface area contributed by atoms with Crippen molar-refractivity contribution in [2.24, 2.45) is 0 Å². The van der Waals surface area contributed by atoms with Crippen LogP contribution in [-0.2, 0) is 6.42 Å². The maximum Gasteiger partial charge on any atom is 0.161 e. The van der Waals surface area contributed by atoms with E-state index in [1.54, 1.807) is 0 Å². The third-order valence-electron chi connectivity index (χ3n) is 2.16. The Morgan fingerprint density at radius 3 is 2.80 bits per heavy atom. The standard InChI is InChI=1S/C11H10ClNO2/c12-9(7-13)5-8-1-2-10-11(6-8)15-4-3-14-10/h1-2,6,9H,3-5H2. The molecule has 3 nitrogen and oxygen atoms in total. The summed E-state index contributed by atoms with van der Waals surface area (Å²) in [6, 6.07) is 7.62. The molecule has 2 rings (SSSR count). The molecule has 1 unspecified atom stereocenters. The Labute approximate surface area is 93.2 Å². The average molecular weight is 224 g/mol. The Balaban J connectivity index is 2.18. The fourth-order valence-electron chi connectivity index (χ4n) is 1.47. The first-order valence-electron chi connectivity index (χ1n) is 4.72. The molecule has 0 N–H and O–H groups in total. The highest BCUT2D eigenvalue weighted by Crippen LogP contribution is 2.31. The topological polar surface area (TPSA) is 42.2 Å². The predicted molar refractivity (Wildman–Crippen MR) is 56.4 cm³/mol. The molecular formula is C11H10ClNO2. The van der Waals surface area contributed by atoms with Gasteiger partial charge in [-0.3, -0.25) is 0 Å². The van der Waals surface area contributed by atoms with Gasteiger partial charge in [-0.25, -0.2) is 0 Å². The van der Waals surface area contributed by atoms with Crippen LogP contribution in [0.5, 0.6) is 11.5 Å². The number of hydrogen-bond acceptors (Lipinski definition) is 3. The van der Waals surface area contributed by atoms with Gasteiger partial charge in [-0.15, -0.1) is 11.6 Å². The van der Waals surface area contributed by atoms with Gasteiger partial charge in [0.1, 0.15) is 18.6 Å². The summed E-state index contributed by atoms with van der Waals surface area (Å²) < 4.78 is 10.8. The van der Waals surface area contributed by atoms with Crippen molar-refractivity contribution in [2.45, 2.75) is 11.8 Å². The van der Waals surface area contributed by atoms with Gasteiger partial charge in [0.15, 0.2) is 11.5 Å². The van der Waals surface area contributed by atoms with Gasteiger partial charge in [0.2, 0.25) is 0 Å². The minimum absolute atomic E-state index is 0.493. The van der Waals surface area contributed by atoms with E-state index >= 15 is 0 Å². The monoisotopic (exact) mass is 223 g/mol. The summed E-state index contributed by atoms with van der Waals surface area (Å²) in [4.78, 5) is 0. The lowest BCUT2D eigenvalue weighted by molar-refractivity contribution is 0.171. The lowest BCUT2D eigenvalue weighted by atomic mass is 10.1. The molecule has 1 aliphatic heterocycles. The van der Waals surface area contributed by atoms with Gasteiger partial charge in [0, 0.05) is 6.42 Å². The van der Waals surface area contributed by atoms with Crippen molar-refractivity contribution >= 4 is 11.6 Å². The zero-order valence-corrected chi connectivity index (χ0v) is 8.83. The van der Waals surface area contributed by atoms with Gasteiger partial charge in [0.05, 0.1) is 6.07 Å². The second kappa shape index (κ2) is 4.41. The van der Waals surface area contributed by atoms with E-state index in [0.29, 0.717) is 19.6 Å². The van der Waals surface area contributed by atoms with E-state index in [0.717, 1.165) is 17.1 Å². The Morgan fingerprint density at radius 1 is 1.33 bits per heavy atom. The third-order valence-corrected chi connectivity index (χ3v) is 2.41. The highest BCUT2D eigenvalue weighted by molar-refractivity contribution is 6.22. The van der Waals surface area contributed by atoms with Gasteiger partial charge >= 0.3 is 0 Å². The van der Waals surface area contributed by atoms with E-state index in [2.05, 4.69) is 0 Å². The molecule has 0 aromatic heterocycles. The summed E-state index contributed by atoms with van der Waals surface area (Å²) >= 11 is 5.75. The van der Waals surface area contributed by atoms with E-state index in [1.165, 1.54) is 0 Å². The Morgan fingerprint density at radius 2 is 2.07 bits per heavy atom. The summed E-state index contributed by atoms with van der Waals surface area (Å²) in [5.41, 5.74) is 0.987.